The topological polar surface area (TPSA) is 44.0 Å². The molecule has 0 aliphatic heterocycles. The lowest BCUT2D eigenvalue weighted by atomic mass is 10.2. The number of aromatic nitrogens is 2. The van der Waals surface area contributed by atoms with E-state index < -0.39 is 0 Å². The van der Waals surface area contributed by atoms with Gasteiger partial charge in [0.05, 0.1) is 0 Å². The molecule has 4 nitrogen and oxygen atoms in total. The fourth-order valence-electron chi connectivity index (χ4n) is 0.976. The van der Waals surface area contributed by atoms with Crippen molar-refractivity contribution in [1.82, 2.24) is 9.13 Å². The summed E-state index contributed by atoms with van der Waals surface area (Å²) in [4.78, 5) is 22.4. The van der Waals surface area contributed by atoms with E-state index in [1.54, 1.807) is 7.05 Å². The van der Waals surface area contributed by atoms with Crippen LogP contribution in [0.15, 0.2) is 15.8 Å². The average Bonchev–Trinajstić information content (AvgIpc) is 2.08. The third-order valence-corrected chi connectivity index (χ3v) is 1.69. The van der Waals surface area contributed by atoms with Crippen molar-refractivity contribution in [3.05, 3.63) is 45.9 Å². The molecular weight excluding hydrogens is 156 g/mol. The van der Waals surface area contributed by atoms with Crippen LogP contribution in [0.3, 0.4) is 0 Å². The summed E-state index contributed by atoms with van der Waals surface area (Å²) in [7, 11) is 3.03. The fraction of sp³-hybridized carbons (Fsp3) is 0.250. The molecule has 1 heterocycles. The number of nitrogens with zero attached hydrogens (tertiary/aromatic N) is 2. The van der Waals surface area contributed by atoms with Crippen molar-refractivity contribution in [2.24, 2.45) is 14.1 Å². The molecule has 0 amide bonds. The second-order valence-corrected chi connectivity index (χ2v) is 2.55. The fourth-order valence-corrected chi connectivity index (χ4v) is 0.976. The highest BCUT2D eigenvalue weighted by Gasteiger charge is 2.09. The van der Waals surface area contributed by atoms with E-state index in [9.17, 15) is 9.59 Å². The predicted octanol–water partition coefficient (Wildman–Crippen LogP) is -0.530. The van der Waals surface area contributed by atoms with Crippen LogP contribution in [0.2, 0.25) is 0 Å². The standard InChI is InChI=1S/C8H10N2O2/c1-4-6-5-9(2)8(12)10(3)7(6)11/h4-5H,1H2,2-3H3. The Morgan fingerprint density at radius 2 is 2.00 bits per heavy atom. The van der Waals surface area contributed by atoms with Gasteiger partial charge in [0.15, 0.2) is 5.56 Å². The molecule has 0 spiro atoms. The van der Waals surface area contributed by atoms with Gasteiger partial charge in [-0.1, -0.05) is 0 Å². The lowest BCUT2D eigenvalue weighted by Crippen LogP contribution is -2.38. The normalized spacial score (nSPS) is 9.92. The molecule has 4 heteroatoms. The molecule has 1 rings (SSSR count). The summed E-state index contributed by atoms with van der Waals surface area (Å²) >= 11 is 0. The van der Waals surface area contributed by atoms with E-state index >= 15 is 0 Å². The van der Waals surface area contributed by atoms with Crippen LogP contribution in [-0.2, 0) is 14.1 Å². The first-order valence-electron chi connectivity index (χ1n) is 3.47. The molecule has 12 heavy (non-hydrogen) atoms. The van der Waals surface area contributed by atoms with Gasteiger partial charge in [0.25, 0.3) is 0 Å². The van der Waals surface area contributed by atoms with Gasteiger partial charge in [-0.2, -0.15) is 4.79 Å². The summed E-state index contributed by atoms with van der Waals surface area (Å²) in [6, 6.07) is 0. The van der Waals surface area contributed by atoms with Crippen molar-refractivity contribution in [3.8, 4) is 0 Å². The second kappa shape index (κ2) is 2.89. The van der Waals surface area contributed by atoms with Crippen molar-refractivity contribution in [2.45, 2.75) is 0 Å². The molecule has 0 aromatic carbocycles. The van der Waals surface area contributed by atoms with E-state index in [2.05, 4.69) is 6.92 Å². The van der Waals surface area contributed by atoms with Gasteiger partial charge in [0, 0.05) is 14.1 Å². The van der Waals surface area contributed by atoms with Gasteiger partial charge < -0.3 is 0 Å². The molecule has 0 atom stereocenters. The van der Waals surface area contributed by atoms with Crippen molar-refractivity contribution >= 4 is 0 Å². The largest absolute Gasteiger partial charge is 0.369 e. The number of hydrogen-bond acceptors (Lipinski definition) is 2. The Morgan fingerprint density at radius 1 is 1.42 bits per heavy atom. The monoisotopic (exact) mass is 166 g/mol. The zero-order valence-electron chi connectivity index (χ0n) is 7.07. The maximum Gasteiger partial charge on any atom is 0.369 e. The summed E-state index contributed by atoms with van der Waals surface area (Å²) in [6.45, 7) is 3.47. The van der Waals surface area contributed by atoms with E-state index in [-0.39, 0.29) is 11.2 Å². The van der Waals surface area contributed by atoms with E-state index in [1.165, 1.54) is 24.2 Å². The van der Waals surface area contributed by atoms with Gasteiger partial charge in [-0.25, -0.2) is 13.9 Å². The minimum atomic E-state index is -0.328. The van der Waals surface area contributed by atoms with Crippen LogP contribution in [0.4, 0.5) is 0 Å². The summed E-state index contributed by atoms with van der Waals surface area (Å²) in [5.74, 6) is 0. The predicted molar refractivity (Wildman–Crippen MR) is 45.7 cm³/mol. The smallest absolute Gasteiger partial charge is 0.260 e. The van der Waals surface area contributed by atoms with Crippen molar-refractivity contribution in [2.75, 3.05) is 0 Å². The van der Waals surface area contributed by atoms with Gasteiger partial charge in [0.2, 0.25) is 0 Å². The van der Waals surface area contributed by atoms with Crippen LogP contribution in [0.25, 0.3) is 0 Å². The lowest BCUT2D eigenvalue weighted by Gasteiger charge is -1.98. The van der Waals surface area contributed by atoms with Crippen molar-refractivity contribution in [3.63, 3.8) is 0 Å². The molecule has 0 saturated heterocycles. The van der Waals surface area contributed by atoms with Gasteiger partial charge >= 0.3 is 11.2 Å². The van der Waals surface area contributed by atoms with Crippen molar-refractivity contribution in [1.29, 1.82) is 0 Å². The zero-order chi connectivity index (χ0) is 9.30. The van der Waals surface area contributed by atoms with Crippen molar-refractivity contribution < 1.29 is 0 Å². The Morgan fingerprint density at radius 3 is 2.50 bits per heavy atom. The molecule has 64 valence electrons. The van der Waals surface area contributed by atoms with Crippen LogP contribution in [0, 0.1) is 13.3 Å². The average molecular weight is 166 g/mol. The number of hydrogen-bond donors (Lipinski definition) is 0. The number of rotatable bonds is 1. The van der Waals surface area contributed by atoms with Gasteiger partial charge in [-0.05, 0) is 0 Å². The Balaban J connectivity index is 3.61. The van der Waals surface area contributed by atoms with Crippen LogP contribution in [0.5, 0.6) is 0 Å². The molecule has 0 saturated carbocycles. The van der Waals surface area contributed by atoms with Crippen LogP contribution >= 0.6 is 0 Å². The van der Waals surface area contributed by atoms with E-state index in [0.717, 1.165) is 4.57 Å². The molecule has 1 aromatic rings. The number of aryl methyl sites for hydroxylation is 1. The summed E-state index contributed by atoms with van der Waals surface area (Å²) < 4.78 is 2.40. The van der Waals surface area contributed by atoms with Gasteiger partial charge in [-0.3, -0.25) is 6.92 Å². The zero-order valence-corrected chi connectivity index (χ0v) is 7.07. The molecule has 1 aromatic heterocycles. The highest BCUT2D eigenvalue weighted by Crippen LogP contribution is 1.89. The highest BCUT2D eigenvalue weighted by molar-refractivity contribution is 5.16. The molecule has 0 unspecified atom stereocenters. The van der Waals surface area contributed by atoms with E-state index in [1.807, 2.05) is 0 Å². The third kappa shape index (κ3) is 1.15. The first-order chi connectivity index (χ1) is 5.57. The summed E-state index contributed by atoms with van der Waals surface area (Å²) in [6.07, 6.45) is 2.90. The molecular formula is C8H10N2O2. The summed E-state index contributed by atoms with van der Waals surface area (Å²) in [5.41, 5.74) is -0.210. The second-order valence-electron chi connectivity index (χ2n) is 2.55. The van der Waals surface area contributed by atoms with E-state index in [0.29, 0.717) is 5.56 Å². The first-order valence-corrected chi connectivity index (χ1v) is 3.47. The minimum Gasteiger partial charge on any atom is -0.260 e. The Labute approximate surface area is 70.1 Å². The molecule has 0 aliphatic carbocycles. The van der Waals surface area contributed by atoms with Gasteiger partial charge in [0.1, 0.15) is 6.20 Å². The molecule has 0 aliphatic rings. The molecule has 0 N–H and O–H groups in total. The molecule has 0 fully saturated rings. The lowest BCUT2D eigenvalue weighted by molar-refractivity contribution is 0.679. The van der Waals surface area contributed by atoms with Crippen LogP contribution in [-0.4, -0.2) is 9.13 Å². The van der Waals surface area contributed by atoms with E-state index in [4.69, 9.17) is 0 Å². The SMILES string of the molecule is [CH2-][CH+]c1cn(C)c(=O)n(C)c1=O. The molecule has 0 radical (unpaired) electrons. The Hall–Kier alpha value is -1.45. The maximum absolute atomic E-state index is 11.3. The third-order valence-electron chi connectivity index (χ3n) is 1.69. The minimum absolute atomic E-state index is 0.312. The quantitative estimate of drug-likeness (QED) is 0.526. The van der Waals surface area contributed by atoms with Crippen LogP contribution < -0.4 is 11.2 Å². The molecule has 0 bridgehead atoms. The van der Waals surface area contributed by atoms with Gasteiger partial charge in [-0.15, -0.1) is 6.42 Å². The Bertz CT molecular complexity index is 400. The Kier molecular flexibility index (Phi) is 2.08. The maximum atomic E-state index is 11.3. The van der Waals surface area contributed by atoms with Crippen LogP contribution in [0.1, 0.15) is 5.56 Å². The first kappa shape index (κ1) is 8.64. The highest BCUT2D eigenvalue weighted by atomic mass is 16.2. The summed E-state index contributed by atoms with van der Waals surface area (Å²) in [5, 5.41) is 0.